The minimum atomic E-state index is -3.70. The number of aromatic nitrogens is 2. The van der Waals surface area contributed by atoms with Crippen LogP contribution in [0.15, 0.2) is 58.2 Å². The summed E-state index contributed by atoms with van der Waals surface area (Å²) in [5.41, 5.74) is 0.134. The van der Waals surface area contributed by atoms with Gasteiger partial charge in [0.15, 0.2) is 0 Å². The number of aromatic amines is 1. The molecule has 1 heterocycles. The lowest BCUT2D eigenvalue weighted by atomic mass is 10.1. The van der Waals surface area contributed by atoms with Crippen molar-refractivity contribution in [2.75, 3.05) is 7.11 Å². The minimum Gasteiger partial charge on any atom is -0.497 e. The molecule has 24 heavy (non-hydrogen) atoms. The summed E-state index contributed by atoms with van der Waals surface area (Å²) in [7, 11) is -2.19. The second-order valence-electron chi connectivity index (χ2n) is 5.05. The van der Waals surface area contributed by atoms with E-state index in [1.54, 1.807) is 36.4 Å². The van der Waals surface area contributed by atoms with Gasteiger partial charge in [-0.2, -0.15) is 5.10 Å². The molecule has 124 valence electrons. The lowest BCUT2D eigenvalue weighted by Gasteiger charge is -2.08. The number of hydrogen-bond acceptors (Lipinski definition) is 5. The summed E-state index contributed by atoms with van der Waals surface area (Å²) in [6.45, 7) is -0.0361. The highest BCUT2D eigenvalue weighted by Crippen LogP contribution is 2.17. The summed E-state index contributed by atoms with van der Waals surface area (Å²) in [4.78, 5) is 11.9. The van der Waals surface area contributed by atoms with E-state index >= 15 is 0 Å². The van der Waals surface area contributed by atoms with Crippen LogP contribution >= 0.6 is 0 Å². The molecule has 8 heteroatoms. The second kappa shape index (κ2) is 6.42. The number of H-pyrrole nitrogens is 1. The zero-order valence-electron chi connectivity index (χ0n) is 12.8. The fraction of sp³-hybridized carbons (Fsp3) is 0.125. The lowest BCUT2D eigenvalue weighted by molar-refractivity contribution is 0.414. The molecule has 0 aliphatic rings. The summed E-state index contributed by atoms with van der Waals surface area (Å²) >= 11 is 0. The topological polar surface area (TPSA) is 101 Å². The van der Waals surface area contributed by atoms with Crippen LogP contribution in [0.25, 0.3) is 10.8 Å². The van der Waals surface area contributed by atoms with Gasteiger partial charge in [-0.1, -0.05) is 18.2 Å². The van der Waals surface area contributed by atoms with E-state index in [0.717, 1.165) is 0 Å². The molecule has 0 aliphatic carbocycles. The van der Waals surface area contributed by atoms with Gasteiger partial charge in [0.05, 0.1) is 29.6 Å². The van der Waals surface area contributed by atoms with Crippen LogP contribution in [0.1, 0.15) is 5.69 Å². The van der Waals surface area contributed by atoms with Crippen LogP contribution in [0, 0.1) is 0 Å². The zero-order chi connectivity index (χ0) is 17.2. The summed E-state index contributed by atoms with van der Waals surface area (Å²) in [5, 5.41) is 7.40. The smallest absolute Gasteiger partial charge is 0.272 e. The molecule has 0 amide bonds. The lowest BCUT2D eigenvalue weighted by Crippen LogP contribution is -2.25. The molecule has 3 rings (SSSR count). The summed E-state index contributed by atoms with van der Waals surface area (Å²) in [5.74, 6) is 0.572. The molecule has 3 aromatic rings. The number of ether oxygens (including phenoxy) is 1. The van der Waals surface area contributed by atoms with E-state index in [2.05, 4.69) is 14.9 Å². The van der Waals surface area contributed by atoms with Gasteiger partial charge in [0.25, 0.3) is 5.56 Å². The number of benzene rings is 2. The molecule has 0 saturated heterocycles. The Morgan fingerprint density at radius 1 is 1.08 bits per heavy atom. The Bertz CT molecular complexity index is 1030. The third-order valence-corrected chi connectivity index (χ3v) is 4.99. The van der Waals surface area contributed by atoms with Gasteiger partial charge < -0.3 is 4.74 Å². The molecule has 0 radical (unpaired) electrons. The van der Waals surface area contributed by atoms with Crippen molar-refractivity contribution in [3.05, 3.63) is 64.6 Å². The third-order valence-electron chi connectivity index (χ3n) is 3.57. The standard InChI is InChI=1S/C16H15N3O4S/c1-23-11-6-8-12(9-7-11)24(21,22)17-10-15-13-4-2-3-5-14(13)16(20)19-18-15/h2-9,17H,10H2,1H3,(H,19,20). The first-order valence-electron chi connectivity index (χ1n) is 7.11. The van der Waals surface area contributed by atoms with Gasteiger partial charge in [-0.15, -0.1) is 0 Å². The highest BCUT2D eigenvalue weighted by molar-refractivity contribution is 7.89. The minimum absolute atomic E-state index is 0.0361. The van der Waals surface area contributed by atoms with Crippen LogP contribution in [-0.2, 0) is 16.6 Å². The Labute approximate surface area is 138 Å². The predicted molar refractivity (Wildman–Crippen MR) is 89.4 cm³/mol. The Morgan fingerprint density at radius 3 is 2.42 bits per heavy atom. The van der Waals surface area contributed by atoms with Crippen LogP contribution in [0.4, 0.5) is 0 Å². The van der Waals surface area contributed by atoms with E-state index in [1.165, 1.54) is 19.2 Å². The number of nitrogens with zero attached hydrogens (tertiary/aromatic N) is 1. The second-order valence-corrected chi connectivity index (χ2v) is 6.81. The molecule has 1 aromatic heterocycles. The van der Waals surface area contributed by atoms with E-state index < -0.39 is 10.0 Å². The van der Waals surface area contributed by atoms with Crippen molar-refractivity contribution >= 4 is 20.8 Å². The maximum atomic E-state index is 12.4. The van der Waals surface area contributed by atoms with Crippen molar-refractivity contribution in [2.45, 2.75) is 11.4 Å². The van der Waals surface area contributed by atoms with E-state index in [9.17, 15) is 13.2 Å². The fourth-order valence-electron chi connectivity index (χ4n) is 2.31. The third kappa shape index (κ3) is 3.15. The van der Waals surface area contributed by atoms with Crippen LogP contribution in [-0.4, -0.2) is 25.7 Å². The van der Waals surface area contributed by atoms with Gasteiger partial charge in [-0.3, -0.25) is 4.79 Å². The molecule has 0 saturated carbocycles. The van der Waals surface area contributed by atoms with Gasteiger partial charge in [-0.05, 0) is 30.3 Å². The first kappa shape index (κ1) is 16.2. The van der Waals surface area contributed by atoms with Crippen molar-refractivity contribution in [3.8, 4) is 5.75 Å². The van der Waals surface area contributed by atoms with Crippen LogP contribution in [0.3, 0.4) is 0 Å². The van der Waals surface area contributed by atoms with E-state index in [4.69, 9.17) is 4.74 Å². The zero-order valence-corrected chi connectivity index (χ0v) is 13.6. The molecule has 0 atom stereocenters. The number of hydrogen-bond donors (Lipinski definition) is 2. The average Bonchev–Trinajstić information content (AvgIpc) is 2.61. The van der Waals surface area contributed by atoms with Gasteiger partial charge >= 0.3 is 0 Å². The number of fused-ring (bicyclic) bond motifs is 1. The summed E-state index contributed by atoms with van der Waals surface area (Å²) in [6, 6.07) is 13.0. The molecule has 2 aromatic carbocycles. The summed E-state index contributed by atoms with van der Waals surface area (Å²) in [6.07, 6.45) is 0. The Hall–Kier alpha value is -2.71. The van der Waals surface area contributed by atoms with E-state index in [-0.39, 0.29) is 17.0 Å². The van der Waals surface area contributed by atoms with Gasteiger partial charge in [0, 0.05) is 5.39 Å². The molecule has 0 unspecified atom stereocenters. The van der Waals surface area contributed by atoms with Crippen molar-refractivity contribution < 1.29 is 13.2 Å². The molecule has 0 bridgehead atoms. The van der Waals surface area contributed by atoms with Crippen LogP contribution in [0.5, 0.6) is 5.75 Å². The predicted octanol–water partition coefficient (Wildman–Crippen LogP) is 1.41. The molecule has 0 fully saturated rings. The SMILES string of the molecule is COc1ccc(S(=O)(=O)NCc2n[nH]c(=O)c3ccccc23)cc1. The summed E-state index contributed by atoms with van der Waals surface area (Å²) < 4.78 is 32.2. The van der Waals surface area contributed by atoms with Crippen molar-refractivity contribution in [3.63, 3.8) is 0 Å². The number of sulfonamides is 1. The number of rotatable bonds is 5. The largest absolute Gasteiger partial charge is 0.497 e. The highest BCUT2D eigenvalue weighted by Gasteiger charge is 2.15. The van der Waals surface area contributed by atoms with Gasteiger partial charge in [0.2, 0.25) is 10.0 Å². The number of nitrogens with one attached hydrogen (secondary N) is 2. The molecule has 7 nitrogen and oxygen atoms in total. The average molecular weight is 345 g/mol. The van der Waals surface area contributed by atoms with Crippen molar-refractivity contribution in [2.24, 2.45) is 0 Å². The van der Waals surface area contributed by atoms with Crippen LogP contribution < -0.4 is 15.0 Å². The van der Waals surface area contributed by atoms with Crippen molar-refractivity contribution in [1.29, 1.82) is 0 Å². The molecular formula is C16H15N3O4S. The molecule has 0 spiro atoms. The maximum Gasteiger partial charge on any atom is 0.272 e. The first-order chi connectivity index (χ1) is 11.5. The maximum absolute atomic E-state index is 12.4. The molecular weight excluding hydrogens is 330 g/mol. The van der Waals surface area contributed by atoms with E-state index in [1.807, 2.05) is 0 Å². The highest BCUT2D eigenvalue weighted by atomic mass is 32.2. The van der Waals surface area contributed by atoms with Gasteiger partial charge in [0.1, 0.15) is 5.75 Å². The van der Waals surface area contributed by atoms with E-state index in [0.29, 0.717) is 22.2 Å². The molecule has 2 N–H and O–H groups in total. The quantitative estimate of drug-likeness (QED) is 0.728. The first-order valence-corrected chi connectivity index (χ1v) is 8.59. The molecule has 0 aliphatic heterocycles. The number of methoxy groups -OCH3 is 1. The van der Waals surface area contributed by atoms with Crippen molar-refractivity contribution in [1.82, 2.24) is 14.9 Å². The monoisotopic (exact) mass is 345 g/mol. The fourth-order valence-corrected chi connectivity index (χ4v) is 3.30. The Kier molecular flexibility index (Phi) is 4.32. The Balaban J connectivity index is 1.87. The van der Waals surface area contributed by atoms with Gasteiger partial charge in [-0.25, -0.2) is 18.2 Å². The Morgan fingerprint density at radius 2 is 1.75 bits per heavy atom. The van der Waals surface area contributed by atoms with Crippen LogP contribution in [0.2, 0.25) is 0 Å². The normalized spacial score (nSPS) is 11.5.